The van der Waals surface area contributed by atoms with Gasteiger partial charge in [0.15, 0.2) is 0 Å². The molecule has 6 heteroatoms. The van der Waals surface area contributed by atoms with Gasteiger partial charge in [-0.15, -0.1) is 0 Å². The number of hydrogen-bond acceptors (Lipinski definition) is 5. The number of morpholine rings is 1. The van der Waals surface area contributed by atoms with Gasteiger partial charge in [-0.25, -0.2) is 4.68 Å². The van der Waals surface area contributed by atoms with Crippen molar-refractivity contribution in [1.29, 1.82) is 0 Å². The van der Waals surface area contributed by atoms with Crippen molar-refractivity contribution < 1.29 is 4.74 Å². The molecule has 0 N–H and O–H groups in total. The van der Waals surface area contributed by atoms with Crippen molar-refractivity contribution >= 4 is 18.3 Å². The number of nitrogens with zero attached hydrogens (tertiary/aromatic N) is 3. The van der Waals surface area contributed by atoms with Gasteiger partial charge in [0, 0.05) is 25.7 Å². The van der Waals surface area contributed by atoms with Gasteiger partial charge in [-0.3, -0.25) is 4.79 Å². The number of aromatic nitrogens is 2. The van der Waals surface area contributed by atoms with E-state index in [4.69, 9.17) is 4.74 Å². The van der Waals surface area contributed by atoms with E-state index < -0.39 is 0 Å². The Hall–Kier alpha value is -1.01. The fourth-order valence-corrected chi connectivity index (χ4v) is 2.73. The fourth-order valence-electron chi connectivity index (χ4n) is 2.29. The molecule has 0 saturated carbocycles. The smallest absolute Gasteiger partial charge is 0.268 e. The molecule has 0 bridgehead atoms. The molecule has 1 unspecified atom stereocenters. The predicted octanol–water partition coefficient (Wildman–Crippen LogP) is 1.43. The Morgan fingerprint density at radius 2 is 2.15 bits per heavy atom. The minimum atomic E-state index is -0.0212. The maximum Gasteiger partial charge on any atom is 0.268 e. The first-order chi connectivity index (χ1) is 9.70. The third-order valence-corrected chi connectivity index (χ3v) is 3.95. The van der Waals surface area contributed by atoms with Crippen molar-refractivity contribution in [3.63, 3.8) is 0 Å². The van der Waals surface area contributed by atoms with E-state index in [9.17, 15) is 4.79 Å². The van der Waals surface area contributed by atoms with Gasteiger partial charge in [-0.1, -0.05) is 6.92 Å². The van der Waals surface area contributed by atoms with Crippen LogP contribution in [0.5, 0.6) is 0 Å². The van der Waals surface area contributed by atoms with E-state index in [1.54, 1.807) is 16.9 Å². The summed E-state index contributed by atoms with van der Waals surface area (Å²) in [4.78, 5) is 14.2. The van der Waals surface area contributed by atoms with Crippen LogP contribution in [-0.4, -0.2) is 41.8 Å². The van der Waals surface area contributed by atoms with E-state index in [1.165, 1.54) is 0 Å². The molecule has 0 aromatic carbocycles. The van der Waals surface area contributed by atoms with Crippen molar-refractivity contribution in [3.05, 3.63) is 22.6 Å². The minimum Gasteiger partial charge on any atom is -0.378 e. The highest BCUT2D eigenvalue weighted by molar-refractivity contribution is 7.80. The second kappa shape index (κ2) is 7.69. The molecular formula is C14H23N3O2S. The predicted molar refractivity (Wildman–Crippen MR) is 83.8 cm³/mol. The first kappa shape index (κ1) is 15.4. The summed E-state index contributed by atoms with van der Waals surface area (Å²) in [6.07, 6.45) is 3.82. The highest BCUT2D eigenvalue weighted by Crippen LogP contribution is 2.12. The van der Waals surface area contributed by atoms with Gasteiger partial charge < -0.3 is 9.64 Å². The normalized spacial score (nSPS) is 17.2. The first-order valence-corrected chi connectivity index (χ1v) is 7.84. The highest BCUT2D eigenvalue weighted by atomic mass is 32.1. The molecule has 2 heterocycles. The molecule has 0 spiro atoms. The van der Waals surface area contributed by atoms with Crippen molar-refractivity contribution in [2.24, 2.45) is 5.92 Å². The fraction of sp³-hybridized carbons (Fsp3) is 0.714. The van der Waals surface area contributed by atoms with Gasteiger partial charge in [0.2, 0.25) is 0 Å². The minimum absolute atomic E-state index is 0.0212. The van der Waals surface area contributed by atoms with Crippen LogP contribution in [0.3, 0.4) is 0 Å². The average molecular weight is 297 g/mol. The lowest BCUT2D eigenvalue weighted by Gasteiger charge is -2.28. The van der Waals surface area contributed by atoms with Crippen LogP contribution in [0, 0.1) is 5.92 Å². The first-order valence-electron chi connectivity index (χ1n) is 7.21. The monoisotopic (exact) mass is 297 g/mol. The van der Waals surface area contributed by atoms with E-state index >= 15 is 0 Å². The summed E-state index contributed by atoms with van der Waals surface area (Å²) in [5.41, 5.74) is 0.880. The molecule has 0 aliphatic carbocycles. The topological polar surface area (TPSA) is 47.4 Å². The van der Waals surface area contributed by atoms with Gasteiger partial charge in [0.25, 0.3) is 5.56 Å². The maximum atomic E-state index is 12.1. The summed E-state index contributed by atoms with van der Waals surface area (Å²) in [5.74, 6) is 1.46. The summed E-state index contributed by atoms with van der Waals surface area (Å²) in [6.45, 7) is 5.93. The largest absolute Gasteiger partial charge is 0.378 e. The Labute approximate surface area is 125 Å². The van der Waals surface area contributed by atoms with Crippen molar-refractivity contribution in [2.45, 2.75) is 26.3 Å². The molecular weight excluding hydrogens is 274 g/mol. The second-order valence-electron chi connectivity index (χ2n) is 5.28. The van der Waals surface area contributed by atoms with Gasteiger partial charge in [-0.05, 0) is 24.5 Å². The summed E-state index contributed by atoms with van der Waals surface area (Å²) < 4.78 is 6.87. The third-order valence-electron chi connectivity index (χ3n) is 3.69. The molecule has 1 atom stereocenters. The van der Waals surface area contributed by atoms with Crippen LogP contribution >= 0.6 is 12.6 Å². The number of ether oxygens (including phenoxy) is 1. The molecule has 1 aromatic heterocycles. The Bertz CT molecular complexity index is 472. The number of anilines is 1. The van der Waals surface area contributed by atoms with Gasteiger partial charge in [0.05, 0.1) is 25.1 Å². The Morgan fingerprint density at radius 3 is 2.80 bits per heavy atom. The van der Waals surface area contributed by atoms with E-state index in [2.05, 4.69) is 29.6 Å². The zero-order valence-electron chi connectivity index (χ0n) is 12.0. The van der Waals surface area contributed by atoms with Gasteiger partial charge in [0.1, 0.15) is 0 Å². The lowest BCUT2D eigenvalue weighted by Crippen LogP contribution is -2.37. The van der Waals surface area contributed by atoms with E-state index in [0.29, 0.717) is 25.7 Å². The molecule has 20 heavy (non-hydrogen) atoms. The average Bonchev–Trinajstić information content (AvgIpc) is 2.47. The lowest BCUT2D eigenvalue weighted by molar-refractivity contribution is 0.122. The zero-order chi connectivity index (χ0) is 14.4. The molecule has 1 saturated heterocycles. The van der Waals surface area contributed by atoms with Crippen molar-refractivity contribution in [3.8, 4) is 0 Å². The van der Waals surface area contributed by atoms with Gasteiger partial charge in [-0.2, -0.15) is 17.7 Å². The molecule has 1 aliphatic heterocycles. The van der Waals surface area contributed by atoms with E-state index in [0.717, 1.165) is 37.4 Å². The Kier molecular flexibility index (Phi) is 5.91. The van der Waals surface area contributed by atoms with Crippen LogP contribution in [0.2, 0.25) is 0 Å². The molecule has 112 valence electrons. The number of thiol groups is 1. The Morgan fingerprint density at radius 1 is 1.40 bits per heavy atom. The standard InChI is InChI=1S/C14H23N3O2S/c1-12(3-9-20)2-4-17-14(18)10-13(11-15-17)16-5-7-19-8-6-16/h10-12,20H,2-9H2,1H3. The molecule has 0 amide bonds. The molecule has 1 aromatic rings. The quantitative estimate of drug-likeness (QED) is 0.807. The molecule has 5 nitrogen and oxygen atoms in total. The van der Waals surface area contributed by atoms with E-state index in [1.807, 2.05) is 0 Å². The summed E-state index contributed by atoms with van der Waals surface area (Å²) in [7, 11) is 0. The summed E-state index contributed by atoms with van der Waals surface area (Å²) in [5, 5.41) is 4.29. The van der Waals surface area contributed by atoms with Crippen LogP contribution in [0.1, 0.15) is 19.8 Å². The van der Waals surface area contributed by atoms with Crippen molar-refractivity contribution in [1.82, 2.24) is 9.78 Å². The number of hydrogen-bond donors (Lipinski definition) is 1. The van der Waals surface area contributed by atoms with Crippen LogP contribution in [0.15, 0.2) is 17.1 Å². The van der Waals surface area contributed by atoms with Gasteiger partial charge >= 0.3 is 0 Å². The molecule has 2 rings (SSSR count). The van der Waals surface area contributed by atoms with Crippen LogP contribution in [-0.2, 0) is 11.3 Å². The maximum absolute atomic E-state index is 12.1. The number of rotatable bonds is 6. The van der Waals surface area contributed by atoms with Crippen LogP contribution in [0.4, 0.5) is 5.69 Å². The highest BCUT2D eigenvalue weighted by Gasteiger charge is 2.13. The molecule has 1 fully saturated rings. The van der Waals surface area contributed by atoms with E-state index in [-0.39, 0.29) is 5.56 Å². The third kappa shape index (κ3) is 4.24. The molecule has 0 radical (unpaired) electrons. The Balaban J connectivity index is 1.96. The van der Waals surface area contributed by atoms with Crippen molar-refractivity contribution in [2.75, 3.05) is 37.0 Å². The van der Waals surface area contributed by atoms with Crippen LogP contribution < -0.4 is 10.5 Å². The second-order valence-corrected chi connectivity index (χ2v) is 5.73. The zero-order valence-corrected chi connectivity index (χ0v) is 12.9. The SMILES string of the molecule is CC(CCS)CCn1ncc(N2CCOCC2)cc1=O. The summed E-state index contributed by atoms with van der Waals surface area (Å²) >= 11 is 4.23. The van der Waals surface area contributed by atoms with Crippen LogP contribution in [0.25, 0.3) is 0 Å². The lowest BCUT2D eigenvalue weighted by atomic mass is 10.1. The molecule has 1 aliphatic rings. The summed E-state index contributed by atoms with van der Waals surface area (Å²) in [6, 6.07) is 1.68. The number of aryl methyl sites for hydroxylation is 1.